The minimum Gasteiger partial charge on any atom is -0.494 e. The van der Waals surface area contributed by atoms with Crippen molar-refractivity contribution < 1.29 is 24.2 Å². The predicted molar refractivity (Wildman–Crippen MR) is 90.8 cm³/mol. The van der Waals surface area contributed by atoms with Crippen molar-refractivity contribution in [1.29, 1.82) is 0 Å². The second kappa shape index (κ2) is 10.6. The summed E-state index contributed by atoms with van der Waals surface area (Å²) in [6.07, 6.45) is 0.943. The highest BCUT2D eigenvalue weighted by atomic mass is 16.5. The molecule has 1 atom stereocenters. The smallest absolute Gasteiger partial charge is 0.307 e. The van der Waals surface area contributed by atoms with E-state index in [1.165, 1.54) is 7.11 Å². The van der Waals surface area contributed by atoms with Gasteiger partial charge in [-0.2, -0.15) is 0 Å². The first-order valence-corrected chi connectivity index (χ1v) is 8.24. The number of amides is 1. The normalized spacial score (nSPS) is 11.7. The molecule has 0 spiro atoms. The third-order valence-corrected chi connectivity index (χ3v) is 3.82. The molecule has 1 amide bonds. The van der Waals surface area contributed by atoms with Crippen LogP contribution in [0.25, 0.3) is 0 Å². The standard InChI is InChI=1S/C18H27NO5/c1-4-15(13-20)19(11-10-18(22)23-3)17(21)12-14-6-8-16(9-7-14)24-5-2/h6-9,15,20H,4-5,10-13H2,1-3H3. The summed E-state index contributed by atoms with van der Waals surface area (Å²) in [5.41, 5.74) is 0.860. The Bertz CT molecular complexity index is 511. The number of ether oxygens (including phenoxy) is 2. The number of esters is 1. The van der Waals surface area contributed by atoms with Crippen LogP contribution in [-0.4, -0.2) is 54.8 Å². The molecule has 0 saturated heterocycles. The topological polar surface area (TPSA) is 76.1 Å². The monoisotopic (exact) mass is 337 g/mol. The Balaban J connectivity index is 2.76. The zero-order valence-corrected chi connectivity index (χ0v) is 14.7. The van der Waals surface area contributed by atoms with E-state index in [4.69, 9.17) is 4.74 Å². The summed E-state index contributed by atoms with van der Waals surface area (Å²) in [5.74, 6) is 0.267. The van der Waals surface area contributed by atoms with Gasteiger partial charge >= 0.3 is 5.97 Å². The molecule has 6 heteroatoms. The molecule has 24 heavy (non-hydrogen) atoms. The Hall–Kier alpha value is -2.08. The van der Waals surface area contributed by atoms with Gasteiger partial charge in [-0.3, -0.25) is 9.59 Å². The lowest BCUT2D eigenvalue weighted by Gasteiger charge is -2.30. The quantitative estimate of drug-likeness (QED) is 0.659. The van der Waals surface area contributed by atoms with Gasteiger partial charge in [-0.1, -0.05) is 19.1 Å². The van der Waals surface area contributed by atoms with Crippen molar-refractivity contribution in [1.82, 2.24) is 4.90 Å². The van der Waals surface area contributed by atoms with E-state index in [9.17, 15) is 14.7 Å². The van der Waals surface area contributed by atoms with E-state index in [2.05, 4.69) is 4.74 Å². The van der Waals surface area contributed by atoms with E-state index in [1.807, 2.05) is 38.1 Å². The van der Waals surface area contributed by atoms with Gasteiger partial charge in [0.1, 0.15) is 5.75 Å². The number of benzene rings is 1. The average molecular weight is 337 g/mol. The summed E-state index contributed by atoms with van der Waals surface area (Å²) in [7, 11) is 1.32. The van der Waals surface area contributed by atoms with Gasteiger partial charge in [-0.05, 0) is 31.0 Å². The number of hydrogen-bond acceptors (Lipinski definition) is 5. The Kier molecular flexibility index (Phi) is 8.86. The van der Waals surface area contributed by atoms with Crippen LogP contribution in [0.3, 0.4) is 0 Å². The number of aliphatic hydroxyl groups is 1. The number of carbonyl (C=O) groups excluding carboxylic acids is 2. The lowest BCUT2D eigenvalue weighted by atomic mass is 10.1. The molecule has 6 nitrogen and oxygen atoms in total. The van der Waals surface area contributed by atoms with Gasteiger partial charge in [0.2, 0.25) is 5.91 Å². The molecule has 1 aromatic carbocycles. The van der Waals surface area contributed by atoms with Crippen molar-refractivity contribution in [2.75, 3.05) is 26.9 Å². The molecule has 0 aliphatic carbocycles. The van der Waals surface area contributed by atoms with Gasteiger partial charge in [-0.15, -0.1) is 0 Å². The summed E-state index contributed by atoms with van der Waals surface area (Å²) in [6.45, 7) is 4.51. The fourth-order valence-corrected chi connectivity index (χ4v) is 2.42. The van der Waals surface area contributed by atoms with Gasteiger partial charge in [0.25, 0.3) is 0 Å². The Morgan fingerprint density at radius 3 is 2.38 bits per heavy atom. The van der Waals surface area contributed by atoms with Crippen LogP contribution in [0.15, 0.2) is 24.3 Å². The molecule has 0 saturated carbocycles. The van der Waals surface area contributed by atoms with Crippen LogP contribution < -0.4 is 4.74 Å². The van der Waals surface area contributed by atoms with Crippen LogP contribution in [0.4, 0.5) is 0 Å². The molecule has 0 aliphatic heterocycles. The maximum atomic E-state index is 12.6. The van der Waals surface area contributed by atoms with Gasteiger partial charge in [-0.25, -0.2) is 0 Å². The van der Waals surface area contributed by atoms with Gasteiger partial charge in [0, 0.05) is 6.54 Å². The van der Waals surface area contributed by atoms with E-state index >= 15 is 0 Å². The summed E-state index contributed by atoms with van der Waals surface area (Å²) in [5, 5.41) is 9.50. The fourth-order valence-electron chi connectivity index (χ4n) is 2.42. The van der Waals surface area contributed by atoms with Gasteiger partial charge in [0.15, 0.2) is 0 Å². The summed E-state index contributed by atoms with van der Waals surface area (Å²) in [4.78, 5) is 25.5. The average Bonchev–Trinajstić information content (AvgIpc) is 2.60. The van der Waals surface area contributed by atoms with E-state index in [-0.39, 0.29) is 43.9 Å². The number of rotatable bonds is 10. The highest BCUT2D eigenvalue weighted by Gasteiger charge is 2.22. The number of aliphatic hydroxyl groups excluding tert-OH is 1. The van der Waals surface area contributed by atoms with Crippen LogP contribution in [0.2, 0.25) is 0 Å². The first-order chi connectivity index (χ1) is 11.5. The van der Waals surface area contributed by atoms with Gasteiger partial charge in [0.05, 0.1) is 39.2 Å². The van der Waals surface area contributed by atoms with Gasteiger partial charge < -0.3 is 19.5 Å². The fraction of sp³-hybridized carbons (Fsp3) is 0.556. The molecule has 0 radical (unpaired) electrons. The molecular weight excluding hydrogens is 310 g/mol. The third-order valence-electron chi connectivity index (χ3n) is 3.82. The van der Waals surface area contributed by atoms with Crippen LogP contribution in [0, 0.1) is 0 Å². The molecule has 134 valence electrons. The second-order valence-corrected chi connectivity index (χ2v) is 5.41. The first-order valence-electron chi connectivity index (χ1n) is 8.24. The third kappa shape index (κ3) is 6.20. The highest BCUT2D eigenvalue weighted by molar-refractivity contribution is 5.80. The minimum atomic E-state index is -0.373. The summed E-state index contributed by atoms with van der Waals surface area (Å²) < 4.78 is 10.0. The largest absolute Gasteiger partial charge is 0.494 e. The number of hydrogen-bond donors (Lipinski definition) is 1. The molecule has 0 aliphatic rings. The van der Waals surface area contributed by atoms with Crippen LogP contribution >= 0.6 is 0 Å². The highest BCUT2D eigenvalue weighted by Crippen LogP contribution is 2.15. The molecule has 1 aromatic rings. The maximum absolute atomic E-state index is 12.6. The Morgan fingerprint density at radius 1 is 1.21 bits per heavy atom. The van der Waals surface area contributed by atoms with E-state index in [0.29, 0.717) is 13.0 Å². The van der Waals surface area contributed by atoms with Crippen molar-refractivity contribution in [2.45, 2.75) is 39.2 Å². The number of methoxy groups -OCH3 is 1. The molecule has 0 bridgehead atoms. The molecule has 1 unspecified atom stereocenters. The van der Waals surface area contributed by atoms with E-state index < -0.39 is 0 Å². The molecular formula is C18H27NO5. The molecule has 1 rings (SSSR count). The molecule has 0 fully saturated rings. The number of nitrogens with zero attached hydrogens (tertiary/aromatic N) is 1. The van der Waals surface area contributed by atoms with E-state index in [0.717, 1.165) is 11.3 Å². The lowest BCUT2D eigenvalue weighted by Crippen LogP contribution is -2.44. The maximum Gasteiger partial charge on any atom is 0.307 e. The Labute approximate surface area is 143 Å². The van der Waals surface area contributed by atoms with Crippen LogP contribution in [0.5, 0.6) is 5.75 Å². The SMILES string of the molecule is CCOc1ccc(CC(=O)N(CCC(=O)OC)C(CC)CO)cc1. The zero-order valence-electron chi connectivity index (χ0n) is 14.7. The van der Waals surface area contributed by atoms with Crippen LogP contribution in [0.1, 0.15) is 32.3 Å². The Morgan fingerprint density at radius 2 is 1.88 bits per heavy atom. The van der Waals surface area contributed by atoms with E-state index in [1.54, 1.807) is 4.90 Å². The van der Waals surface area contributed by atoms with Crippen molar-refractivity contribution in [3.63, 3.8) is 0 Å². The molecule has 0 heterocycles. The van der Waals surface area contributed by atoms with Crippen molar-refractivity contribution in [2.24, 2.45) is 0 Å². The zero-order chi connectivity index (χ0) is 17.9. The summed E-state index contributed by atoms with van der Waals surface area (Å²) in [6, 6.07) is 7.05. The molecule has 1 N–H and O–H groups in total. The van der Waals surface area contributed by atoms with Crippen molar-refractivity contribution >= 4 is 11.9 Å². The van der Waals surface area contributed by atoms with Crippen molar-refractivity contribution in [3.8, 4) is 5.75 Å². The van der Waals surface area contributed by atoms with Crippen molar-refractivity contribution in [3.05, 3.63) is 29.8 Å². The lowest BCUT2D eigenvalue weighted by molar-refractivity contribution is -0.142. The first kappa shape index (κ1) is 20.0. The predicted octanol–water partition coefficient (Wildman–Crippen LogP) is 1.79. The number of carbonyl (C=O) groups is 2. The summed E-state index contributed by atoms with van der Waals surface area (Å²) >= 11 is 0. The second-order valence-electron chi connectivity index (χ2n) is 5.41. The molecule has 0 aromatic heterocycles. The minimum absolute atomic E-state index is 0.113. The van der Waals surface area contributed by atoms with Crippen LogP contribution in [-0.2, 0) is 20.7 Å².